The Labute approximate surface area is 142 Å². The molecule has 0 atom stereocenters. The van der Waals surface area contributed by atoms with Crippen molar-refractivity contribution in [2.24, 2.45) is 0 Å². The van der Waals surface area contributed by atoms with E-state index in [1.54, 1.807) is 17.9 Å². The van der Waals surface area contributed by atoms with E-state index >= 15 is 0 Å². The van der Waals surface area contributed by atoms with E-state index in [0.717, 1.165) is 25.9 Å². The summed E-state index contributed by atoms with van der Waals surface area (Å²) < 4.78 is 26.3. The van der Waals surface area contributed by atoms with Gasteiger partial charge < -0.3 is 10.2 Å². The van der Waals surface area contributed by atoms with Crippen LogP contribution in [0.4, 0.5) is 0 Å². The third-order valence-corrected chi connectivity index (χ3v) is 5.37. The smallest absolute Gasteiger partial charge is 0.251 e. The zero-order valence-electron chi connectivity index (χ0n) is 13.7. The number of sulfonamides is 1. The van der Waals surface area contributed by atoms with Crippen molar-refractivity contribution < 1.29 is 18.0 Å². The third-order valence-electron chi connectivity index (χ3n) is 3.82. The van der Waals surface area contributed by atoms with Crippen molar-refractivity contribution in [3.63, 3.8) is 0 Å². The van der Waals surface area contributed by atoms with Crippen molar-refractivity contribution in [2.75, 3.05) is 26.2 Å². The molecule has 0 saturated carbocycles. The highest BCUT2D eigenvalue weighted by atomic mass is 32.2. The predicted molar refractivity (Wildman–Crippen MR) is 90.1 cm³/mol. The second-order valence-electron chi connectivity index (χ2n) is 5.62. The molecule has 1 aliphatic rings. The van der Waals surface area contributed by atoms with Crippen LogP contribution in [-0.2, 0) is 14.8 Å². The lowest BCUT2D eigenvalue weighted by atomic mass is 10.2. The van der Waals surface area contributed by atoms with Crippen LogP contribution >= 0.6 is 0 Å². The molecule has 1 saturated heterocycles. The topological polar surface area (TPSA) is 95.6 Å². The summed E-state index contributed by atoms with van der Waals surface area (Å²) in [5, 5.41) is 2.66. The van der Waals surface area contributed by atoms with Crippen LogP contribution in [0.5, 0.6) is 0 Å². The second kappa shape index (κ2) is 8.25. The summed E-state index contributed by atoms with van der Waals surface area (Å²) in [6.07, 6.45) is 2.32. The number of rotatable bonds is 7. The highest BCUT2D eigenvalue weighted by Crippen LogP contribution is 2.12. The van der Waals surface area contributed by atoms with Gasteiger partial charge in [0.1, 0.15) is 0 Å². The first-order valence-corrected chi connectivity index (χ1v) is 9.58. The first-order valence-electron chi connectivity index (χ1n) is 8.10. The van der Waals surface area contributed by atoms with Gasteiger partial charge in [0.05, 0.1) is 4.90 Å². The standard InChI is InChI=1S/C16H23N3O4S/c1-2-18-24(22,23)14-7-5-6-13(12-14)16(21)17-9-8-15(20)19-10-3-4-11-19/h5-7,12,18H,2-4,8-11H2,1H3,(H,17,21). The van der Waals surface area contributed by atoms with Gasteiger partial charge in [0.2, 0.25) is 15.9 Å². The molecule has 1 heterocycles. The van der Waals surface area contributed by atoms with Crippen LogP contribution in [0.1, 0.15) is 36.5 Å². The number of carbonyl (C=O) groups is 2. The minimum atomic E-state index is -3.60. The van der Waals surface area contributed by atoms with E-state index in [9.17, 15) is 18.0 Å². The van der Waals surface area contributed by atoms with Crippen molar-refractivity contribution in [2.45, 2.75) is 31.1 Å². The quantitative estimate of drug-likeness (QED) is 0.755. The predicted octanol–water partition coefficient (Wildman–Crippen LogP) is 0.727. The number of amides is 2. The van der Waals surface area contributed by atoms with Gasteiger partial charge in [-0.3, -0.25) is 9.59 Å². The Hall–Kier alpha value is -1.93. The highest BCUT2D eigenvalue weighted by Gasteiger charge is 2.18. The summed E-state index contributed by atoms with van der Waals surface area (Å²) in [5.41, 5.74) is 0.252. The molecular formula is C16H23N3O4S. The van der Waals surface area contributed by atoms with E-state index in [2.05, 4.69) is 10.0 Å². The first kappa shape index (κ1) is 18.4. The van der Waals surface area contributed by atoms with Crippen LogP contribution < -0.4 is 10.0 Å². The number of hydrogen-bond acceptors (Lipinski definition) is 4. The third kappa shape index (κ3) is 4.78. The Morgan fingerprint density at radius 1 is 1.21 bits per heavy atom. The average Bonchev–Trinajstić information content (AvgIpc) is 3.09. The van der Waals surface area contributed by atoms with Crippen LogP contribution in [0, 0.1) is 0 Å². The molecule has 0 bridgehead atoms. The summed E-state index contributed by atoms with van der Waals surface area (Å²) >= 11 is 0. The van der Waals surface area contributed by atoms with Crippen LogP contribution in [-0.4, -0.2) is 51.3 Å². The van der Waals surface area contributed by atoms with Gasteiger partial charge in [-0.15, -0.1) is 0 Å². The van der Waals surface area contributed by atoms with Gasteiger partial charge in [0.15, 0.2) is 0 Å². The molecule has 0 spiro atoms. The molecule has 2 amide bonds. The maximum atomic E-state index is 12.1. The van der Waals surface area contributed by atoms with Gasteiger partial charge in [-0.05, 0) is 31.0 Å². The minimum Gasteiger partial charge on any atom is -0.352 e. The lowest BCUT2D eigenvalue weighted by molar-refractivity contribution is -0.129. The largest absolute Gasteiger partial charge is 0.352 e. The van der Waals surface area contributed by atoms with Crippen molar-refractivity contribution in [1.82, 2.24) is 14.9 Å². The lowest BCUT2D eigenvalue weighted by Crippen LogP contribution is -2.32. The summed E-state index contributed by atoms with van der Waals surface area (Å²) in [5.74, 6) is -0.353. The molecule has 7 nitrogen and oxygen atoms in total. The zero-order chi connectivity index (χ0) is 17.6. The molecule has 1 fully saturated rings. The summed E-state index contributed by atoms with van der Waals surface area (Å²) in [6.45, 7) is 3.77. The fourth-order valence-electron chi connectivity index (χ4n) is 2.59. The van der Waals surface area contributed by atoms with Gasteiger partial charge in [-0.2, -0.15) is 0 Å². The van der Waals surface area contributed by atoms with E-state index in [0.29, 0.717) is 0 Å². The van der Waals surface area contributed by atoms with Gasteiger partial charge in [-0.25, -0.2) is 13.1 Å². The molecule has 1 aromatic rings. The molecule has 24 heavy (non-hydrogen) atoms. The van der Waals surface area contributed by atoms with Crippen molar-refractivity contribution >= 4 is 21.8 Å². The molecule has 8 heteroatoms. The number of likely N-dealkylation sites (tertiary alicyclic amines) is 1. The Morgan fingerprint density at radius 2 is 1.92 bits per heavy atom. The fourth-order valence-corrected chi connectivity index (χ4v) is 3.67. The normalized spacial score (nSPS) is 14.6. The molecule has 132 valence electrons. The van der Waals surface area contributed by atoms with Crippen LogP contribution in [0.15, 0.2) is 29.2 Å². The van der Waals surface area contributed by atoms with Crippen molar-refractivity contribution in [1.29, 1.82) is 0 Å². The Kier molecular flexibility index (Phi) is 6.33. The molecule has 2 N–H and O–H groups in total. The number of nitrogens with one attached hydrogen (secondary N) is 2. The molecule has 0 aromatic heterocycles. The average molecular weight is 353 g/mol. The van der Waals surface area contributed by atoms with Crippen LogP contribution in [0.25, 0.3) is 0 Å². The van der Waals surface area contributed by atoms with E-state index in [-0.39, 0.29) is 35.9 Å². The summed E-state index contributed by atoms with van der Waals surface area (Å²) in [6, 6.07) is 5.83. The van der Waals surface area contributed by atoms with E-state index in [1.165, 1.54) is 18.2 Å². The Morgan fingerprint density at radius 3 is 2.58 bits per heavy atom. The summed E-state index contributed by atoms with van der Waals surface area (Å²) in [4.78, 5) is 25.9. The maximum absolute atomic E-state index is 12.1. The monoisotopic (exact) mass is 353 g/mol. The van der Waals surface area contributed by atoms with Crippen molar-refractivity contribution in [3.05, 3.63) is 29.8 Å². The number of carbonyl (C=O) groups excluding carboxylic acids is 2. The minimum absolute atomic E-state index is 0.0382. The highest BCUT2D eigenvalue weighted by molar-refractivity contribution is 7.89. The Bertz CT molecular complexity index is 697. The molecule has 0 radical (unpaired) electrons. The summed E-state index contributed by atoms with van der Waals surface area (Å²) in [7, 11) is -3.60. The Balaban J connectivity index is 1.91. The van der Waals surface area contributed by atoms with Crippen molar-refractivity contribution in [3.8, 4) is 0 Å². The zero-order valence-corrected chi connectivity index (χ0v) is 14.6. The molecule has 1 aliphatic heterocycles. The van der Waals surface area contributed by atoms with Crippen LogP contribution in [0.3, 0.4) is 0 Å². The van der Waals surface area contributed by atoms with Gasteiger partial charge in [-0.1, -0.05) is 13.0 Å². The van der Waals surface area contributed by atoms with E-state index in [4.69, 9.17) is 0 Å². The van der Waals surface area contributed by atoms with E-state index < -0.39 is 15.9 Å². The fraction of sp³-hybridized carbons (Fsp3) is 0.500. The van der Waals surface area contributed by atoms with Gasteiger partial charge in [0.25, 0.3) is 5.91 Å². The van der Waals surface area contributed by atoms with Gasteiger partial charge >= 0.3 is 0 Å². The molecule has 2 rings (SSSR count). The lowest BCUT2D eigenvalue weighted by Gasteiger charge is -2.15. The first-order chi connectivity index (χ1) is 11.4. The molecular weight excluding hydrogens is 330 g/mol. The second-order valence-corrected chi connectivity index (χ2v) is 7.39. The van der Waals surface area contributed by atoms with Crippen LogP contribution in [0.2, 0.25) is 0 Å². The SMILES string of the molecule is CCNS(=O)(=O)c1cccc(C(=O)NCCC(=O)N2CCCC2)c1. The molecule has 0 aliphatic carbocycles. The number of nitrogens with zero attached hydrogens (tertiary/aromatic N) is 1. The van der Waals surface area contributed by atoms with E-state index in [1.807, 2.05) is 0 Å². The van der Waals surface area contributed by atoms with Gasteiger partial charge in [0, 0.05) is 38.2 Å². The number of hydrogen-bond donors (Lipinski definition) is 2. The molecule has 0 unspecified atom stereocenters. The number of benzene rings is 1. The molecule has 1 aromatic carbocycles. The maximum Gasteiger partial charge on any atom is 0.251 e.